The summed E-state index contributed by atoms with van der Waals surface area (Å²) in [5, 5.41) is 0. The summed E-state index contributed by atoms with van der Waals surface area (Å²) in [4.78, 5) is 0. The van der Waals surface area contributed by atoms with Gasteiger partial charge in [-0.2, -0.15) is 11.8 Å². The van der Waals surface area contributed by atoms with E-state index in [0.717, 1.165) is 27.5 Å². The molecule has 4 heteroatoms. The fraction of sp³-hybridized carbons (Fsp3) is 0.231. The van der Waals surface area contributed by atoms with Gasteiger partial charge in [-0.1, -0.05) is 22.0 Å². The Hall–Kier alpha value is -0.870. The molecule has 2 rings (SSSR count). The van der Waals surface area contributed by atoms with Crippen molar-refractivity contribution in [3.63, 3.8) is 0 Å². The molecule has 0 radical (unpaired) electrons. The molecule has 1 aromatic carbocycles. The molecule has 0 aliphatic carbocycles. The zero-order valence-electron chi connectivity index (χ0n) is 9.27. The maximum absolute atomic E-state index is 5.62. The van der Waals surface area contributed by atoms with Crippen LogP contribution in [-0.2, 0) is 5.75 Å². The monoisotopic (exact) mass is 312 g/mol. The summed E-state index contributed by atoms with van der Waals surface area (Å²) in [5.41, 5.74) is 0. The van der Waals surface area contributed by atoms with E-state index in [-0.39, 0.29) is 0 Å². The lowest BCUT2D eigenvalue weighted by atomic mass is 10.3. The molecular weight excluding hydrogens is 300 g/mol. The molecule has 2 nitrogen and oxygen atoms in total. The second-order valence-corrected chi connectivity index (χ2v) is 5.46. The molecule has 0 aliphatic rings. The van der Waals surface area contributed by atoms with Crippen molar-refractivity contribution in [1.82, 2.24) is 0 Å². The van der Waals surface area contributed by atoms with Gasteiger partial charge < -0.3 is 9.15 Å². The van der Waals surface area contributed by atoms with E-state index in [0.29, 0.717) is 6.61 Å². The SMILES string of the molecule is Brc1cccc(OCCSCc2ccco2)c1. The van der Waals surface area contributed by atoms with Gasteiger partial charge in [-0.25, -0.2) is 0 Å². The molecule has 0 fully saturated rings. The number of halogens is 1. The number of furan rings is 1. The minimum absolute atomic E-state index is 0.710. The van der Waals surface area contributed by atoms with E-state index in [4.69, 9.17) is 9.15 Å². The van der Waals surface area contributed by atoms with Crippen molar-refractivity contribution in [2.75, 3.05) is 12.4 Å². The lowest BCUT2D eigenvalue weighted by Gasteiger charge is -2.05. The minimum atomic E-state index is 0.710. The summed E-state index contributed by atoms with van der Waals surface area (Å²) >= 11 is 5.22. The Morgan fingerprint density at radius 1 is 1.24 bits per heavy atom. The first-order valence-corrected chi connectivity index (χ1v) is 7.28. The third-order valence-electron chi connectivity index (χ3n) is 2.12. The highest BCUT2D eigenvalue weighted by atomic mass is 79.9. The predicted octanol–water partition coefficient (Wildman–Crippen LogP) is 4.35. The van der Waals surface area contributed by atoms with Gasteiger partial charge in [-0.15, -0.1) is 0 Å². The van der Waals surface area contributed by atoms with Crippen LogP contribution in [0, 0.1) is 0 Å². The van der Waals surface area contributed by atoms with Crippen molar-refractivity contribution in [2.45, 2.75) is 5.75 Å². The second-order valence-electron chi connectivity index (χ2n) is 3.44. The van der Waals surface area contributed by atoms with Crippen LogP contribution in [0.25, 0.3) is 0 Å². The van der Waals surface area contributed by atoms with E-state index in [1.165, 1.54) is 0 Å². The van der Waals surface area contributed by atoms with Crippen molar-refractivity contribution in [2.24, 2.45) is 0 Å². The lowest BCUT2D eigenvalue weighted by molar-refractivity contribution is 0.343. The molecule has 17 heavy (non-hydrogen) atoms. The topological polar surface area (TPSA) is 22.4 Å². The van der Waals surface area contributed by atoms with E-state index in [1.54, 1.807) is 18.0 Å². The molecule has 0 atom stereocenters. The van der Waals surface area contributed by atoms with E-state index in [1.807, 2.05) is 36.4 Å². The molecule has 2 aromatic rings. The van der Waals surface area contributed by atoms with E-state index >= 15 is 0 Å². The second kappa shape index (κ2) is 6.77. The van der Waals surface area contributed by atoms with E-state index < -0.39 is 0 Å². The third-order valence-corrected chi connectivity index (χ3v) is 3.55. The first kappa shape index (κ1) is 12.6. The molecule has 0 spiro atoms. The fourth-order valence-electron chi connectivity index (χ4n) is 1.34. The number of benzene rings is 1. The van der Waals surface area contributed by atoms with Crippen LogP contribution in [0.3, 0.4) is 0 Å². The summed E-state index contributed by atoms with van der Waals surface area (Å²) in [6.45, 7) is 0.710. The summed E-state index contributed by atoms with van der Waals surface area (Å²) in [6, 6.07) is 11.8. The Balaban J connectivity index is 1.63. The van der Waals surface area contributed by atoms with Crippen LogP contribution in [0.5, 0.6) is 5.75 Å². The summed E-state index contributed by atoms with van der Waals surface area (Å²) in [5.74, 6) is 3.76. The van der Waals surface area contributed by atoms with Gasteiger partial charge in [0.15, 0.2) is 0 Å². The predicted molar refractivity (Wildman–Crippen MR) is 74.5 cm³/mol. The lowest BCUT2D eigenvalue weighted by Crippen LogP contribution is -2.00. The Morgan fingerprint density at radius 2 is 2.18 bits per heavy atom. The van der Waals surface area contributed by atoms with Crippen molar-refractivity contribution in [3.05, 3.63) is 52.9 Å². The zero-order valence-corrected chi connectivity index (χ0v) is 11.7. The van der Waals surface area contributed by atoms with Gasteiger partial charge in [-0.05, 0) is 30.3 Å². The van der Waals surface area contributed by atoms with Gasteiger partial charge in [-0.3, -0.25) is 0 Å². The highest BCUT2D eigenvalue weighted by Crippen LogP contribution is 2.18. The summed E-state index contributed by atoms with van der Waals surface area (Å²) in [6.07, 6.45) is 1.70. The van der Waals surface area contributed by atoms with Gasteiger partial charge in [0, 0.05) is 10.2 Å². The van der Waals surface area contributed by atoms with Crippen LogP contribution in [0.4, 0.5) is 0 Å². The molecule has 0 saturated carbocycles. The number of rotatable bonds is 6. The Morgan fingerprint density at radius 3 is 2.94 bits per heavy atom. The van der Waals surface area contributed by atoms with Crippen LogP contribution in [-0.4, -0.2) is 12.4 Å². The zero-order chi connectivity index (χ0) is 11.9. The minimum Gasteiger partial charge on any atom is -0.493 e. The van der Waals surface area contributed by atoms with Gasteiger partial charge in [0.2, 0.25) is 0 Å². The van der Waals surface area contributed by atoms with Gasteiger partial charge >= 0.3 is 0 Å². The van der Waals surface area contributed by atoms with Gasteiger partial charge in [0.05, 0.1) is 18.6 Å². The van der Waals surface area contributed by atoms with E-state index in [9.17, 15) is 0 Å². The normalized spacial score (nSPS) is 10.4. The van der Waals surface area contributed by atoms with Crippen molar-refractivity contribution < 1.29 is 9.15 Å². The van der Waals surface area contributed by atoms with Crippen molar-refractivity contribution in [1.29, 1.82) is 0 Å². The average Bonchev–Trinajstić information content (AvgIpc) is 2.82. The third kappa shape index (κ3) is 4.48. The first-order valence-electron chi connectivity index (χ1n) is 5.33. The highest BCUT2D eigenvalue weighted by molar-refractivity contribution is 9.10. The largest absolute Gasteiger partial charge is 0.493 e. The van der Waals surface area contributed by atoms with Crippen molar-refractivity contribution in [3.8, 4) is 5.75 Å². The van der Waals surface area contributed by atoms with Crippen LogP contribution in [0.15, 0.2) is 51.6 Å². The van der Waals surface area contributed by atoms with Crippen LogP contribution < -0.4 is 4.74 Å². The Kier molecular flexibility index (Phi) is 5.01. The van der Waals surface area contributed by atoms with Crippen molar-refractivity contribution >= 4 is 27.7 Å². The maximum Gasteiger partial charge on any atom is 0.120 e. The first-order chi connectivity index (χ1) is 8.34. The number of hydrogen-bond donors (Lipinski definition) is 0. The smallest absolute Gasteiger partial charge is 0.120 e. The number of hydrogen-bond acceptors (Lipinski definition) is 3. The molecule has 0 N–H and O–H groups in total. The Bertz CT molecular complexity index is 442. The summed E-state index contributed by atoms with van der Waals surface area (Å²) in [7, 11) is 0. The highest BCUT2D eigenvalue weighted by Gasteiger charge is 1.97. The molecule has 0 unspecified atom stereocenters. The standard InChI is InChI=1S/C13H13BrO2S/c14-11-3-1-4-12(9-11)16-7-8-17-10-13-5-2-6-15-13/h1-6,9H,7-8,10H2. The average molecular weight is 313 g/mol. The number of thioether (sulfide) groups is 1. The van der Waals surface area contributed by atoms with Crippen LogP contribution in [0.2, 0.25) is 0 Å². The Labute approximate surface area is 113 Å². The molecule has 90 valence electrons. The molecule has 0 aliphatic heterocycles. The van der Waals surface area contributed by atoms with Crippen LogP contribution >= 0.6 is 27.7 Å². The van der Waals surface area contributed by atoms with Crippen LogP contribution in [0.1, 0.15) is 5.76 Å². The maximum atomic E-state index is 5.62. The summed E-state index contributed by atoms with van der Waals surface area (Å²) < 4.78 is 11.9. The van der Waals surface area contributed by atoms with E-state index in [2.05, 4.69) is 15.9 Å². The van der Waals surface area contributed by atoms with Gasteiger partial charge in [0.25, 0.3) is 0 Å². The number of ether oxygens (including phenoxy) is 1. The molecular formula is C13H13BrO2S. The molecule has 1 heterocycles. The molecule has 1 aromatic heterocycles. The van der Waals surface area contributed by atoms with Gasteiger partial charge in [0.1, 0.15) is 11.5 Å². The molecule has 0 amide bonds. The quantitative estimate of drug-likeness (QED) is 0.740. The molecule has 0 bridgehead atoms. The molecule has 0 saturated heterocycles. The fourth-order valence-corrected chi connectivity index (χ4v) is 2.43.